The first-order valence-electron chi connectivity index (χ1n) is 5.79. The molecule has 0 aliphatic heterocycles. The summed E-state index contributed by atoms with van der Waals surface area (Å²) in [6.45, 7) is 4.09. The summed E-state index contributed by atoms with van der Waals surface area (Å²) in [6, 6.07) is 8.19. The molecule has 17 heavy (non-hydrogen) atoms. The molecule has 0 radical (unpaired) electrons. The maximum Gasteiger partial charge on any atom is 0.106 e. The van der Waals surface area contributed by atoms with Crippen LogP contribution in [0.4, 0.5) is 5.69 Å². The van der Waals surface area contributed by atoms with E-state index in [1.807, 2.05) is 18.3 Å². The molecule has 0 saturated heterocycles. The number of anilines is 1. The van der Waals surface area contributed by atoms with Crippen LogP contribution in [-0.2, 0) is 13.1 Å². The van der Waals surface area contributed by atoms with Crippen molar-refractivity contribution in [3.05, 3.63) is 47.0 Å². The zero-order chi connectivity index (χ0) is 12.1. The van der Waals surface area contributed by atoms with Crippen molar-refractivity contribution in [2.45, 2.75) is 26.4 Å². The highest BCUT2D eigenvalue weighted by atomic mass is 79.9. The Morgan fingerprint density at radius 2 is 2.24 bits per heavy atom. The van der Waals surface area contributed by atoms with E-state index >= 15 is 0 Å². The van der Waals surface area contributed by atoms with Gasteiger partial charge in [0, 0.05) is 18.4 Å². The topological polar surface area (TPSA) is 29.9 Å². The number of aromatic nitrogens is 2. The third-order valence-electron chi connectivity index (χ3n) is 2.59. The van der Waals surface area contributed by atoms with Crippen molar-refractivity contribution in [2.24, 2.45) is 0 Å². The van der Waals surface area contributed by atoms with Crippen LogP contribution in [0.25, 0.3) is 0 Å². The van der Waals surface area contributed by atoms with Gasteiger partial charge in [0.05, 0.1) is 18.4 Å². The molecular weight excluding hydrogens is 278 g/mol. The fraction of sp³-hybridized carbons (Fsp3) is 0.308. The minimum Gasteiger partial charge on any atom is -0.378 e. The summed E-state index contributed by atoms with van der Waals surface area (Å²) >= 11 is 3.32. The van der Waals surface area contributed by atoms with Gasteiger partial charge in [-0.3, -0.25) is 0 Å². The fourth-order valence-electron chi connectivity index (χ4n) is 1.74. The summed E-state index contributed by atoms with van der Waals surface area (Å²) < 4.78 is 3.14. The van der Waals surface area contributed by atoms with Crippen LogP contribution in [-0.4, -0.2) is 9.55 Å². The third-order valence-corrected chi connectivity index (χ3v) is 3.06. The molecule has 90 valence electrons. The molecule has 2 heterocycles. The van der Waals surface area contributed by atoms with E-state index in [0.717, 1.165) is 29.8 Å². The first kappa shape index (κ1) is 12.2. The second-order valence-electron chi connectivity index (χ2n) is 3.92. The molecule has 4 heteroatoms. The van der Waals surface area contributed by atoms with E-state index in [1.165, 1.54) is 5.69 Å². The van der Waals surface area contributed by atoms with Gasteiger partial charge in [0.2, 0.25) is 0 Å². The molecule has 0 saturated carbocycles. The minimum atomic E-state index is 0.830. The number of nitrogens with zero attached hydrogens (tertiary/aromatic N) is 2. The Hall–Kier alpha value is -1.29. The Morgan fingerprint density at radius 1 is 1.35 bits per heavy atom. The van der Waals surface area contributed by atoms with Gasteiger partial charge in [0.15, 0.2) is 0 Å². The van der Waals surface area contributed by atoms with E-state index in [2.05, 4.69) is 56.1 Å². The van der Waals surface area contributed by atoms with Gasteiger partial charge in [0.1, 0.15) is 4.60 Å². The zero-order valence-corrected chi connectivity index (χ0v) is 11.4. The Kier molecular flexibility index (Phi) is 4.20. The van der Waals surface area contributed by atoms with Gasteiger partial charge in [-0.1, -0.05) is 6.92 Å². The number of aryl methyl sites for hydroxylation is 1. The lowest BCUT2D eigenvalue weighted by Crippen LogP contribution is -2.06. The van der Waals surface area contributed by atoms with Crippen LogP contribution in [0.15, 0.2) is 41.3 Å². The smallest absolute Gasteiger partial charge is 0.106 e. The molecule has 1 N–H and O–H groups in total. The summed E-state index contributed by atoms with van der Waals surface area (Å²) in [5.74, 6) is 0. The lowest BCUT2D eigenvalue weighted by molar-refractivity contribution is 0.654. The lowest BCUT2D eigenvalue weighted by Gasteiger charge is -2.09. The van der Waals surface area contributed by atoms with Crippen LogP contribution in [0.5, 0.6) is 0 Å². The molecule has 3 nitrogen and oxygen atoms in total. The Morgan fingerprint density at radius 3 is 2.94 bits per heavy atom. The third kappa shape index (κ3) is 3.33. The van der Waals surface area contributed by atoms with Crippen LogP contribution >= 0.6 is 15.9 Å². The maximum atomic E-state index is 4.19. The van der Waals surface area contributed by atoms with Crippen LogP contribution in [0.3, 0.4) is 0 Å². The summed E-state index contributed by atoms with van der Waals surface area (Å²) in [5.41, 5.74) is 2.34. The highest BCUT2D eigenvalue weighted by molar-refractivity contribution is 9.10. The molecular formula is C13H16BrN3. The number of pyridine rings is 1. The fourth-order valence-corrected chi connectivity index (χ4v) is 1.98. The first-order valence-corrected chi connectivity index (χ1v) is 6.58. The second-order valence-corrected chi connectivity index (χ2v) is 4.73. The summed E-state index contributed by atoms with van der Waals surface area (Å²) in [4.78, 5) is 4.19. The van der Waals surface area contributed by atoms with Gasteiger partial charge in [-0.05, 0) is 46.6 Å². The molecule has 0 bridgehead atoms. The molecule has 2 aromatic heterocycles. The summed E-state index contributed by atoms with van der Waals surface area (Å²) in [5, 5.41) is 3.37. The Bertz CT molecular complexity index is 462. The number of halogens is 1. The number of nitrogens with one attached hydrogen (secondary N) is 1. The van der Waals surface area contributed by atoms with Crippen molar-refractivity contribution in [1.82, 2.24) is 9.55 Å². The SMILES string of the molecule is CCCn1cccc1CNc1ccc(Br)nc1. The lowest BCUT2D eigenvalue weighted by atomic mass is 10.3. The van der Waals surface area contributed by atoms with Crippen LogP contribution in [0.2, 0.25) is 0 Å². The standard InChI is InChI=1S/C13H16BrN3/c1-2-7-17-8-3-4-12(17)10-15-11-5-6-13(14)16-9-11/h3-6,8-9,15H,2,7,10H2,1H3. The number of hydrogen-bond donors (Lipinski definition) is 1. The van der Waals surface area contributed by atoms with Crippen molar-refractivity contribution in [3.8, 4) is 0 Å². The Labute approximate surface area is 110 Å². The van der Waals surface area contributed by atoms with E-state index in [1.54, 1.807) is 0 Å². The molecule has 0 aliphatic carbocycles. The molecule has 0 spiro atoms. The molecule has 2 rings (SSSR count). The van der Waals surface area contributed by atoms with Gasteiger partial charge in [0.25, 0.3) is 0 Å². The highest BCUT2D eigenvalue weighted by Crippen LogP contribution is 2.12. The van der Waals surface area contributed by atoms with E-state index in [-0.39, 0.29) is 0 Å². The second kappa shape index (κ2) is 5.87. The van der Waals surface area contributed by atoms with Crippen LogP contribution < -0.4 is 5.32 Å². The van der Waals surface area contributed by atoms with Crippen molar-refractivity contribution in [2.75, 3.05) is 5.32 Å². The largest absolute Gasteiger partial charge is 0.378 e. The highest BCUT2D eigenvalue weighted by Gasteiger charge is 2.00. The summed E-state index contributed by atoms with van der Waals surface area (Å²) in [7, 11) is 0. The van der Waals surface area contributed by atoms with Gasteiger partial charge in [-0.2, -0.15) is 0 Å². The predicted octanol–water partition coefficient (Wildman–Crippen LogP) is 3.67. The van der Waals surface area contributed by atoms with E-state index in [4.69, 9.17) is 0 Å². The van der Waals surface area contributed by atoms with Crippen molar-refractivity contribution >= 4 is 21.6 Å². The van der Waals surface area contributed by atoms with Crippen molar-refractivity contribution in [3.63, 3.8) is 0 Å². The van der Waals surface area contributed by atoms with Crippen molar-refractivity contribution < 1.29 is 0 Å². The molecule has 0 atom stereocenters. The Balaban J connectivity index is 1.97. The minimum absolute atomic E-state index is 0.830. The van der Waals surface area contributed by atoms with Gasteiger partial charge in [-0.25, -0.2) is 4.98 Å². The predicted molar refractivity (Wildman–Crippen MR) is 74.0 cm³/mol. The van der Waals surface area contributed by atoms with Crippen LogP contribution in [0, 0.1) is 0 Å². The monoisotopic (exact) mass is 293 g/mol. The molecule has 0 amide bonds. The van der Waals surface area contributed by atoms with E-state index in [9.17, 15) is 0 Å². The number of hydrogen-bond acceptors (Lipinski definition) is 2. The van der Waals surface area contributed by atoms with Gasteiger partial charge < -0.3 is 9.88 Å². The van der Waals surface area contributed by atoms with Gasteiger partial charge >= 0.3 is 0 Å². The molecule has 0 unspecified atom stereocenters. The van der Waals surface area contributed by atoms with Crippen LogP contribution in [0.1, 0.15) is 19.0 Å². The normalized spacial score (nSPS) is 10.5. The quantitative estimate of drug-likeness (QED) is 0.853. The number of rotatable bonds is 5. The van der Waals surface area contributed by atoms with E-state index in [0.29, 0.717) is 0 Å². The maximum absolute atomic E-state index is 4.19. The van der Waals surface area contributed by atoms with Crippen molar-refractivity contribution in [1.29, 1.82) is 0 Å². The zero-order valence-electron chi connectivity index (χ0n) is 9.86. The first-order chi connectivity index (χ1) is 8.29. The summed E-state index contributed by atoms with van der Waals surface area (Å²) in [6.07, 6.45) is 5.11. The molecule has 0 aliphatic rings. The average Bonchev–Trinajstić information content (AvgIpc) is 2.77. The molecule has 0 fully saturated rings. The average molecular weight is 294 g/mol. The molecule has 2 aromatic rings. The van der Waals surface area contributed by atoms with E-state index < -0.39 is 0 Å². The van der Waals surface area contributed by atoms with Gasteiger partial charge in [-0.15, -0.1) is 0 Å². The molecule has 0 aromatic carbocycles.